The summed E-state index contributed by atoms with van der Waals surface area (Å²) in [6, 6.07) is 87.1. The standard InChI is InChI=1S/C72H58N2O/c1-6-49(33-32-48(2)3)50-34-41-55(42-35-50)74-67-29-17-13-25-61(67)71(4,5)65-46-53(38-45-68(65)74)51-36-39-54(40-37-51)73(66-28-16-11-22-57(66)52-20-8-7-9-21-52)56-43-44-59-58-23-10-12-24-60(58)72(64(59)47-56)62-26-14-18-30-69(62)75-70-31-19-15-27-63(70)72/h6-48H,1-5H3/b33-32-,49-6+. The second-order valence-corrected chi connectivity index (χ2v) is 21.0. The zero-order valence-corrected chi connectivity index (χ0v) is 43.1. The molecule has 2 aliphatic heterocycles. The predicted molar refractivity (Wildman–Crippen MR) is 314 cm³/mol. The van der Waals surface area contributed by atoms with E-state index >= 15 is 0 Å². The van der Waals surface area contributed by atoms with E-state index in [1.165, 1.54) is 61.5 Å². The van der Waals surface area contributed by atoms with Crippen LogP contribution in [0, 0.1) is 5.92 Å². The van der Waals surface area contributed by atoms with Crippen molar-refractivity contribution in [3.8, 4) is 44.9 Å². The summed E-state index contributed by atoms with van der Waals surface area (Å²) in [6.45, 7) is 11.3. The molecule has 3 heteroatoms. The fraction of sp³-hybridized carbons (Fsp3) is 0.111. The van der Waals surface area contributed by atoms with Gasteiger partial charge in [-0.25, -0.2) is 0 Å². The van der Waals surface area contributed by atoms with Crippen LogP contribution in [-0.2, 0) is 10.8 Å². The highest BCUT2D eigenvalue weighted by molar-refractivity contribution is 5.94. The summed E-state index contributed by atoms with van der Waals surface area (Å²) < 4.78 is 6.72. The van der Waals surface area contributed by atoms with Gasteiger partial charge in [-0.3, -0.25) is 0 Å². The first-order valence-corrected chi connectivity index (χ1v) is 26.4. The molecule has 1 spiro atoms. The van der Waals surface area contributed by atoms with Crippen molar-refractivity contribution in [3.63, 3.8) is 0 Å². The molecule has 10 aromatic rings. The van der Waals surface area contributed by atoms with Gasteiger partial charge >= 0.3 is 0 Å². The number of hydrogen-bond donors (Lipinski definition) is 0. The van der Waals surface area contributed by atoms with Crippen molar-refractivity contribution in [2.75, 3.05) is 9.80 Å². The Balaban J connectivity index is 0.940. The molecule has 0 amide bonds. The van der Waals surface area contributed by atoms with Gasteiger partial charge in [0, 0.05) is 39.2 Å². The average Bonchev–Trinajstić information content (AvgIpc) is 3.78. The van der Waals surface area contributed by atoms with E-state index < -0.39 is 5.41 Å². The molecule has 0 radical (unpaired) electrons. The minimum atomic E-state index is -0.595. The van der Waals surface area contributed by atoms with E-state index in [-0.39, 0.29) is 5.41 Å². The lowest BCUT2D eigenvalue weighted by molar-refractivity contribution is 0.436. The Bertz CT molecular complexity index is 3830. The second kappa shape index (κ2) is 18.2. The molecule has 0 fully saturated rings. The smallest absolute Gasteiger partial charge is 0.132 e. The van der Waals surface area contributed by atoms with E-state index in [2.05, 4.69) is 299 Å². The van der Waals surface area contributed by atoms with Crippen molar-refractivity contribution < 1.29 is 4.74 Å². The Labute approximate surface area is 442 Å². The van der Waals surface area contributed by atoms with E-state index in [9.17, 15) is 0 Å². The maximum Gasteiger partial charge on any atom is 0.132 e. The molecule has 0 bridgehead atoms. The first-order chi connectivity index (χ1) is 36.7. The Kier molecular flexibility index (Phi) is 11.2. The van der Waals surface area contributed by atoms with Crippen molar-refractivity contribution in [2.45, 2.75) is 45.4 Å². The number of nitrogens with zero attached hydrogens (tertiary/aromatic N) is 2. The normalized spacial score (nSPS) is 14.4. The molecule has 13 rings (SSSR count). The summed E-state index contributed by atoms with van der Waals surface area (Å²) in [5.74, 6) is 2.26. The minimum Gasteiger partial charge on any atom is -0.457 e. The van der Waals surface area contributed by atoms with Gasteiger partial charge in [-0.1, -0.05) is 210 Å². The van der Waals surface area contributed by atoms with Crippen LogP contribution in [0.15, 0.2) is 255 Å². The first-order valence-electron chi connectivity index (χ1n) is 26.4. The zero-order valence-electron chi connectivity index (χ0n) is 43.1. The van der Waals surface area contributed by atoms with Crippen molar-refractivity contribution in [1.29, 1.82) is 0 Å². The summed E-state index contributed by atoms with van der Waals surface area (Å²) in [7, 11) is 0. The molecular formula is C72H58N2O. The minimum absolute atomic E-state index is 0.244. The lowest BCUT2D eigenvalue weighted by Crippen LogP contribution is -2.32. The van der Waals surface area contributed by atoms with Crippen LogP contribution in [0.2, 0.25) is 0 Å². The van der Waals surface area contributed by atoms with Gasteiger partial charge in [-0.05, 0) is 147 Å². The number of rotatable bonds is 9. The molecule has 362 valence electrons. The molecule has 2 heterocycles. The van der Waals surface area contributed by atoms with Crippen molar-refractivity contribution in [2.24, 2.45) is 5.92 Å². The largest absolute Gasteiger partial charge is 0.457 e. The highest BCUT2D eigenvalue weighted by Gasteiger charge is 2.51. The summed E-state index contributed by atoms with van der Waals surface area (Å²) in [5, 5.41) is 0. The van der Waals surface area contributed by atoms with Crippen LogP contribution in [0.25, 0.3) is 39.0 Å². The topological polar surface area (TPSA) is 15.7 Å². The summed E-state index contributed by atoms with van der Waals surface area (Å²) in [4.78, 5) is 4.90. The van der Waals surface area contributed by atoms with E-state index in [0.29, 0.717) is 5.92 Å². The molecule has 75 heavy (non-hydrogen) atoms. The van der Waals surface area contributed by atoms with Gasteiger partial charge in [-0.2, -0.15) is 0 Å². The van der Waals surface area contributed by atoms with Gasteiger partial charge in [0.05, 0.1) is 22.5 Å². The lowest BCUT2D eigenvalue weighted by Gasteiger charge is -2.42. The molecule has 0 saturated heterocycles. The Morgan fingerprint density at radius 1 is 0.467 bits per heavy atom. The molecule has 10 aromatic carbocycles. The summed E-state index contributed by atoms with van der Waals surface area (Å²) in [6.07, 6.45) is 6.71. The number of anilines is 6. The number of hydrogen-bond acceptors (Lipinski definition) is 3. The fourth-order valence-corrected chi connectivity index (χ4v) is 12.4. The monoisotopic (exact) mass is 966 g/mol. The summed E-state index contributed by atoms with van der Waals surface area (Å²) in [5.41, 5.74) is 23.0. The molecule has 0 aromatic heterocycles. The zero-order chi connectivity index (χ0) is 50.8. The van der Waals surface area contributed by atoms with E-state index in [4.69, 9.17) is 4.74 Å². The maximum atomic E-state index is 6.72. The molecule has 3 aliphatic rings. The van der Waals surface area contributed by atoms with Gasteiger partial charge in [0.1, 0.15) is 11.5 Å². The number of ether oxygens (including phenoxy) is 1. The van der Waals surface area contributed by atoms with E-state index in [1.54, 1.807) is 0 Å². The summed E-state index contributed by atoms with van der Waals surface area (Å²) >= 11 is 0. The maximum absolute atomic E-state index is 6.72. The quantitative estimate of drug-likeness (QED) is 0.134. The number of fused-ring (bicyclic) bond motifs is 11. The molecule has 3 nitrogen and oxygen atoms in total. The molecular weight excluding hydrogens is 909 g/mol. The highest BCUT2D eigenvalue weighted by Crippen LogP contribution is 2.63. The third-order valence-corrected chi connectivity index (χ3v) is 15.9. The SMILES string of the molecule is C/C=C(\C=C/C(C)C)c1ccc(N2c3ccccc3C(C)(C)c3cc(-c4ccc(N(c5ccc6c(c5)C5(c7ccccc7Oc7ccccc75)c5ccccc5-6)c5ccccc5-c5ccccc5)cc4)ccc32)cc1. The first kappa shape index (κ1) is 45.9. The molecule has 0 saturated carbocycles. The molecule has 0 N–H and O–H groups in total. The van der Waals surface area contributed by atoms with Crippen molar-refractivity contribution in [1.82, 2.24) is 0 Å². The molecule has 0 unspecified atom stereocenters. The van der Waals surface area contributed by atoms with Crippen LogP contribution >= 0.6 is 0 Å². The Morgan fingerprint density at radius 2 is 1.04 bits per heavy atom. The highest BCUT2D eigenvalue weighted by atomic mass is 16.5. The average molecular weight is 967 g/mol. The number of benzene rings is 10. The van der Waals surface area contributed by atoms with Gasteiger partial charge < -0.3 is 14.5 Å². The third kappa shape index (κ3) is 7.40. The van der Waals surface area contributed by atoms with E-state index in [0.717, 1.165) is 62.1 Å². The lowest BCUT2D eigenvalue weighted by atomic mass is 9.66. The van der Waals surface area contributed by atoms with Crippen LogP contribution in [0.3, 0.4) is 0 Å². The van der Waals surface area contributed by atoms with Gasteiger partial charge in [0.2, 0.25) is 0 Å². The van der Waals surface area contributed by atoms with Gasteiger partial charge in [0.25, 0.3) is 0 Å². The van der Waals surface area contributed by atoms with Gasteiger partial charge in [-0.15, -0.1) is 0 Å². The number of allylic oxidation sites excluding steroid dienone is 4. The Morgan fingerprint density at radius 3 is 1.75 bits per heavy atom. The predicted octanol–water partition coefficient (Wildman–Crippen LogP) is 19.7. The second-order valence-electron chi connectivity index (χ2n) is 21.0. The third-order valence-electron chi connectivity index (χ3n) is 15.9. The molecule has 0 atom stereocenters. The van der Waals surface area contributed by atoms with Crippen LogP contribution in [0.5, 0.6) is 11.5 Å². The van der Waals surface area contributed by atoms with Crippen molar-refractivity contribution >= 4 is 39.7 Å². The Hall–Kier alpha value is -8.92. The van der Waals surface area contributed by atoms with Crippen LogP contribution < -0.4 is 14.5 Å². The number of para-hydroxylation sites is 4. The molecule has 1 aliphatic carbocycles. The van der Waals surface area contributed by atoms with Crippen molar-refractivity contribution in [3.05, 3.63) is 294 Å². The van der Waals surface area contributed by atoms with Crippen LogP contribution in [-0.4, -0.2) is 0 Å². The fourth-order valence-electron chi connectivity index (χ4n) is 12.4. The van der Waals surface area contributed by atoms with Gasteiger partial charge in [0.15, 0.2) is 0 Å². The van der Waals surface area contributed by atoms with E-state index in [1.807, 2.05) is 0 Å². The van der Waals surface area contributed by atoms with Crippen LogP contribution in [0.4, 0.5) is 34.1 Å². The van der Waals surface area contributed by atoms with Crippen LogP contribution in [0.1, 0.15) is 73.6 Å².